The summed E-state index contributed by atoms with van der Waals surface area (Å²) in [6.07, 6.45) is 4.52. The molecule has 0 fully saturated rings. The quantitative estimate of drug-likeness (QED) is 0.636. The van der Waals surface area contributed by atoms with E-state index < -0.39 is 11.9 Å². The van der Waals surface area contributed by atoms with Gasteiger partial charge in [0.15, 0.2) is 11.5 Å². The molecule has 1 unspecified atom stereocenters. The van der Waals surface area contributed by atoms with Crippen molar-refractivity contribution < 1.29 is 14.3 Å². The lowest BCUT2D eigenvalue weighted by molar-refractivity contribution is -0.115. The van der Waals surface area contributed by atoms with E-state index in [0.717, 1.165) is 18.4 Å². The topological polar surface area (TPSA) is 117 Å². The zero-order chi connectivity index (χ0) is 20.1. The van der Waals surface area contributed by atoms with E-state index in [9.17, 15) is 4.79 Å². The van der Waals surface area contributed by atoms with Crippen LogP contribution in [-0.2, 0) is 4.79 Å². The van der Waals surface area contributed by atoms with Crippen LogP contribution in [0.4, 0.5) is 5.95 Å². The highest BCUT2D eigenvalue weighted by molar-refractivity contribution is 5.95. The third-order valence-electron chi connectivity index (χ3n) is 4.74. The number of allylic oxidation sites excluding steroid dienone is 1. The third-order valence-corrected chi connectivity index (χ3v) is 4.74. The van der Waals surface area contributed by atoms with E-state index in [2.05, 4.69) is 27.8 Å². The molecule has 0 bridgehead atoms. The van der Waals surface area contributed by atoms with Crippen LogP contribution < -0.4 is 20.5 Å². The highest BCUT2D eigenvalue weighted by Gasteiger charge is 2.33. The number of nitrogens with zero attached hydrogens (tertiary/aromatic N) is 4. The third kappa shape index (κ3) is 3.92. The van der Waals surface area contributed by atoms with Crippen molar-refractivity contribution in [3.05, 3.63) is 35.0 Å². The molecule has 1 amide bonds. The fourth-order valence-corrected chi connectivity index (χ4v) is 3.32. The van der Waals surface area contributed by atoms with Gasteiger partial charge in [-0.1, -0.05) is 37.4 Å². The molecule has 0 spiro atoms. The summed E-state index contributed by atoms with van der Waals surface area (Å²) < 4.78 is 12.9. The highest BCUT2D eigenvalue weighted by Crippen LogP contribution is 2.38. The van der Waals surface area contributed by atoms with Gasteiger partial charge < -0.3 is 20.5 Å². The lowest BCUT2D eigenvalue weighted by Crippen LogP contribution is -2.31. The molecule has 28 heavy (non-hydrogen) atoms. The average molecular weight is 386 g/mol. The summed E-state index contributed by atoms with van der Waals surface area (Å²) in [6, 6.07) is 5.01. The van der Waals surface area contributed by atoms with Gasteiger partial charge in [-0.3, -0.25) is 4.79 Å². The fourth-order valence-electron chi connectivity index (χ4n) is 3.32. The number of anilines is 1. The maximum absolute atomic E-state index is 12.1. The number of tetrazole rings is 1. The number of rotatable bonds is 9. The van der Waals surface area contributed by atoms with Crippen molar-refractivity contribution in [2.24, 2.45) is 5.73 Å². The van der Waals surface area contributed by atoms with Crippen LogP contribution in [-0.4, -0.2) is 39.8 Å². The summed E-state index contributed by atoms with van der Waals surface area (Å²) in [5.41, 5.74) is 7.44. The molecule has 150 valence electrons. The lowest BCUT2D eigenvalue weighted by atomic mass is 9.95. The summed E-state index contributed by atoms with van der Waals surface area (Å²) in [5.74, 6) is 1.16. The molecule has 9 heteroatoms. The highest BCUT2D eigenvalue weighted by atomic mass is 16.5. The summed E-state index contributed by atoms with van der Waals surface area (Å²) in [4.78, 5) is 12.1. The Labute approximate surface area is 163 Å². The fraction of sp³-hybridized carbons (Fsp3) is 0.474. The molecule has 2 heterocycles. The Bertz CT molecular complexity index is 876. The number of carbonyl (C=O) groups excluding carboxylic acids is 1. The van der Waals surface area contributed by atoms with Gasteiger partial charge in [-0.05, 0) is 41.5 Å². The van der Waals surface area contributed by atoms with E-state index in [4.69, 9.17) is 15.2 Å². The van der Waals surface area contributed by atoms with Crippen LogP contribution in [0.2, 0.25) is 0 Å². The molecule has 1 aromatic heterocycles. The first-order valence-electron chi connectivity index (χ1n) is 9.43. The number of aromatic nitrogens is 4. The number of ether oxygens (including phenoxy) is 2. The van der Waals surface area contributed by atoms with Crippen LogP contribution in [0.1, 0.15) is 51.1 Å². The number of hydrogen-bond acceptors (Lipinski definition) is 7. The number of carbonyl (C=O) groups is 1. The summed E-state index contributed by atoms with van der Waals surface area (Å²) in [6.45, 7) is 4.58. The van der Waals surface area contributed by atoms with E-state index in [0.29, 0.717) is 35.3 Å². The molecule has 1 aliphatic heterocycles. The zero-order valence-corrected chi connectivity index (χ0v) is 16.4. The average Bonchev–Trinajstić information content (AvgIpc) is 3.14. The Hall–Kier alpha value is -3.10. The van der Waals surface area contributed by atoms with E-state index in [1.807, 2.05) is 18.2 Å². The van der Waals surface area contributed by atoms with Crippen molar-refractivity contribution in [2.75, 3.05) is 19.0 Å². The van der Waals surface area contributed by atoms with Gasteiger partial charge >= 0.3 is 0 Å². The van der Waals surface area contributed by atoms with Gasteiger partial charge in [0.1, 0.15) is 6.04 Å². The van der Waals surface area contributed by atoms with E-state index in [1.54, 1.807) is 14.0 Å². The van der Waals surface area contributed by atoms with Crippen molar-refractivity contribution in [2.45, 2.75) is 45.6 Å². The predicted molar refractivity (Wildman–Crippen MR) is 104 cm³/mol. The van der Waals surface area contributed by atoms with Gasteiger partial charge in [0, 0.05) is 5.70 Å². The van der Waals surface area contributed by atoms with Crippen LogP contribution in [0.15, 0.2) is 29.5 Å². The van der Waals surface area contributed by atoms with Gasteiger partial charge in [-0.25, -0.2) is 0 Å². The van der Waals surface area contributed by atoms with E-state index in [-0.39, 0.29) is 0 Å². The van der Waals surface area contributed by atoms with Gasteiger partial charge in [0.25, 0.3) is 0 Å². The maximum atomic E-state index is 12.1. The summed E-state index contributed by atoms with van der Waals surface area (Å²) in [5, 5.41) is 14.7. The van der Waals surface area contributed by atoms with Crippen LogP contribution in [0.25, 0.3) is 0 Å². The van der Waals surface area contributed by atoms with Gasteiger partial charge in [0.05, 0.1) is 19.3 Å². The molecule has 9 nitrogen and oxygen atoms in total. The van der Waals surface area contributed by atoms with E-state index >= 15 is 0 Å². The van der Waals surface area contributed by atoms with Crippen molar-refractivity contribution in [1.82, 2.24) is 20.2 Å². The minimum atomic E-state index is -0.545. The molecule has 0 aliphatic carbocycles. The normalized spacial score (nSPS) is 15.8. The number of nitrogens with one attached hydrogen (secondary N) is 1. The number of primary amides is 1. The number of unbranched alkanes of at least 4 members (excludes halogenated alkanes) is 3. The number of nitrogens with two attached hydrogens (primary N) is 1. The smallest absolute Gasteiger partial charge is 0.248 e. The first-order chi connectivity index (χ1) is 13.6. The largest absolute Gasteiger partial charge is 0.493 e. The Morgan fingerprint density at radius 2 is 2.11 bits per heavy atom. The molecule has 1 aliphatic rings. The molecule has 3 N–H and O–H groups in total. The van der Waals surface area contributed by atoms with Gasteiger partial charge in [0.2, 0.25) is 11.9 Å². The Morgan fingerprint density at radius 3 is 2.82 bits per heavy atom. The maximum Gasteiger partial charge on any atom is 0.248 e. The first kappa shape index (κ1) is 19.7. The van der Waals surface area contributed by atoms with Crippen molar-refractivity contribution in [3.63, 3.8) is 0 Å². The van der Waals surface area contributed by atoms with Gasteiger partial charge in [-0.15, -0.1) is 0 Å². The monoisotopic (exact) mass is 386 g/mol. The second-order valence-corrected chi connectivity index (χ2v) is 6.70. The van der Waals surface area contributed by atoms with Crippen molar-refractivity contribution in [3.8, 4) is 11.5 Å². The van der Waals surface area contributed by atoms with Crippen LogP contribution >= 0.6 is 0 Å². The predicted octanol–water partition coefficient (Wildman–Crippen LogP) is 2.42. The minimum Gasteiger partial charge on any atom is -0.493 e. The molecule has 1 atom stereocenters. The minimum absolute atomic E-state index is 0.398. The number of methoxy groups -OCH3 is 1. The van der Waals surface area contributed by atoms with E-state index in [1.165, 1.54) is 17.5 Å². The molecule has 0 radical (unpaired) electrons. The van der Waals surface area contributed by atoms with Crippen LogP contribution in [0.3, 0.4) is 0 Å². The molecule has 1 aromatic carbocycles. The summed E-state index contributed by atoms with van der Waals surface area (Å²) in [7, 11) is 1.59. The summed E-state index contributed by atoms with van der Waals surface area (Å²) >= 11 is 0. The molecule has 3 rings (SSSR count). The first-order valence-corrected chi connectivity index (χ1v) is 9.43. The molecular weight excluding hydrogens is 360 g/mol. The molecule has 0 saturated heterocycles. The number of fused-ring (bicyclic) bond motifs is 1. The number of amides is 1. The van der Waals surface area contributed by atoms with Crippen LogP contribution in [0, 0.1) is 0 Å². The lowest BCUT2D eigenvalue weighted by Gasteiger charge is -2.27. The molecular formula is C19H26N6O3. The van der Waals surface area contributed by atoms with Crippen molar-refractivity contribution in [1.29, 1.82) is 0 Å². The van der Waals surface area contributed by atoms with Gasteiger partial charge in [-0.2, -0.15) is 4.68 Å². The molecule has 2 aromatic rings. The number of benzene rings is 1. The SMILES string of the molecule is CCCCCCOc1ccc(C2C(C(N)=O)=C(C)Nc3nnnn32)cc1OC. The number of hydrogen-bond donors (Lipinski definition) is 2. The standard InChI is InChI=1S/C19H26N6O3/c1-4-5-6-7-10-28-14-9-8-13(11-15(14)27-3)17-16(18(20)26)12(2)21-19-22-23-24-25(17)19/h8-9,11,17H,4-7,10H2,1-3H3,(H2,20,26)(H,21,22,24). The second kappa shape index (κ2) is 8.73. The van der Waals surface area contributed by atoms with Crippen molar-refractivity contribution >= 4 is 11.9 Å². The Kier molecular flexibility index (Phi) is 6.13. The molecule has 0 saturated carbocycles. The Balaban J connectivity index is 1.89. The second-order valence-electron chi connectivity index (χ2n) is 6.70. The zero-order valence-electron chi connectivity index (χ0n) is 16.4. The Morgan fingerprint density at radius 1 is 1.29 bits per heavy atom. The van der Waals surface area contributed by atoms with Crippen LogP contribution in [0.5, 0.6) is 11.5 Å².